The average molecular weight is 734 g/mol. The molecule has 3 atom stereocenters. The van der Waals surface area contributed by atoms with Crippen molar-refractivity contribution in [3.63, 3.8) is 0 Å². The van der Waals surface area contributed by atoms with Crippen LogP contribution in [0.3, 0.4) is 0 Å². The minimum atomic E-state index is -1.54. The highest BCUT2D eigenvalue weighted by Gasteiger charge is 2.53. The van der Waals surface area contributed by atoms with Crippen molar-refractivity contribution < 1.29 is 38.8 Å². The van der Waals surface area contributed by atoms with E-state index in [1.165, 1.54) is 18.7 Å². The molecule has 18 nitrogen and oxygen atoms in total. The number of fused-ring (bicyclic) bond motifs is 2. The maximum Gasteiger partial charge on any atom is 0.347 e. The number of aliphatic imine (C=N–C) groups is 1. The molecular formula is C28H32ClN11O7S2. The van der Waals surface area contributed by atoms with Crippen LogP contribution in [-0.4, -0.2) is 116 Å². The van der Waals surface area contributed by atoms with Gasteiger partial charge in [-0.15, -0.1) is 11.8 Å². The maximum absolute atomic E-state index is 13.4. The van der Waals surface area contributed by atoms with Gasteiger partial charge in [-0.1, -0.05) is 28.1 Å². The highest BCUT2D eigenvalue weighted by atomic mass is 35.5. The van der Waals surface area contributed by atoms with E-state index in [1.54, 1.807) is 28.2 Å². The molecule has 2 aliphatic rings. The van der Waals surface area contributed by atoms with Crippen LogP contribution in [0.5, 0.6) is 0 Å². The molecule has 3 aromatic rings. The summed E-state index contributed by atoms with van der Waals surface area (Å²) in [4.78, 5) is 71.3. The van der Waals surface area contributed by atoms with Crippen LogP contribution in [0.1, 0.15) is 12.6 Å². The van der Waals surface area contributed by atoms with Gasteiger partial charge in [0.15, 0.2) is 35.3 Å². The van der Waals surface area contributed by atoms with Gasteiger partial charge < -0.3 is 45.7 Å². The molecule has 3 aromatic heterocycles. The van der Waals surface area contributed by atoms with Crippen molar-refractivity contribution in [2.75, 3.05) is 39.2 Å². The van der Waals surface area contributed by atoms with Crippen molar-refractivity contribution in [2.24, 2.45) is 10.1 Å². The molecule has 49 heavy (non-hydrogen) atoms. The zero-order valence-corrected chi connectivity index (χ0v) is 29.0. The largest absolute Gasteiger partial charge is 0.543 e. The first-order chi connectivity index (χ1) is 23.3. The van der Waals surface area contributed by atoms with Gasteiger partial charge in [0.05, 0.1) is 23.5 Å². The highest BCUT2D eigenvalue weighted by molar-refractivity contribution is 8.00. The second-order valence-corrected chi connectivity index (χ2v) is 13.8. The van der Waals surface area contributed by atoms with E-state index in [4.69, 9.17) is 27.3 Å². The number of likely N-dealkylation sites (N-methyl/N-ethyl adjacent to an activating group) is 1. The fraction of sp³-hybridized carbons (Fsp3) is 0.393. The van der Waals surface area contributed by atoms with E-state index < -0.39 is 47.0 Å². The lowest BCUT2D eigenvalue weighted by Gasteiger charge is -2.50. The number of nitrogen functional groups attached to an aromatic ring is 1. The molecule has 2 aliphatic heterocycles. The van der Waals surface area contributed by atoms with E-state index >= 15 is 0 Å². The predicted octanol–water partition coefficient (Wildman–Crippen LogP) is -1.25. The number of pyridine rings is 1. The zero-order valence-electron chi connectivity index (χ0n) is 26.6. The smallest absolute Gasteiger partial charge is 0.347 e. The number of aromatic nitrogens is 4. The van der Waals surface area contributed by atoms with Crippen LogP contribution >= 0.6 is 34.7 Å². The standard InChI is InChI=1S/C28H32ClN11O7S2/c1-13(25(43)44)47-36-18(17-21(29)49-27(30)35-17)22(41)34-19-23(42)40-20(26(45)46)14(11-48-24(19)40)9-38-7-5-16-15(10-38)33-28(32-12-37(3)4)39(16)8-6-31-2/h5,7,10,12-13,19,24,31H,6,8-9,11H2,1-4H3,(H4-,30,34,35,41,43,44,45,46)/b32-12?,36-18-/t13-,19+,24?/m0/s1. The molecule has 5 heterocycles. The molecule has 1 fully saturated rings. The van der Waals surface area contributed by atoms with Crippen LogP contribution in [0.2, 0.25) is 4.34 Å². The van der Waals surface area contributed by atoms with Gasteiger partial charge in [-0.3, -0.25) is 14.5 Å². The van der Waals surface area contributed by atoms with E-state index in [1.807, 2.05) is 31.8 Å². The summed E-state index contributed by atoms with van der Waals surface area (Å²) in [6.45, 7) is 2.63. The van der Waals surface area contributed by atoms with Crippen molar-refractivity contribution in [3.05, 3.63) is 39.8 Å². The van der Waals surface area contributed by atoms with Gasteiger partial charge in [-0.2, -0.15) is 4.57 Å². The summed E-state index contributed by atoms with van der Waals surface area (Å²) in [7, 11) is 5.56. The van der Waals surface area contributed by atoms with Gasteiger partial charge in [0.2, 0.25) is 12.1 Å². The number of amides is 2. The number of nitrogens with two attached hydrogens (primary N) is 1. The molecular weight excluding hydrogens is 702 g/mol. The van der Waals surface area contributed by atoms with Crippen LogP contribution < -0.4 is 26.0 Å². The van der Waals surface area contributed by atoms with Crippen molar-refractivity contribution in [3.8, 4) is 0 Å². The first-order valence-corrected chi connectivity index (χ1v) is 16.9. The summed E-state index contributed by atoms with van der Waals surface area (Å²) >= 11 is 8.28. The molecule has 21 heteroatoms. The predicted molar refractivity (Wildman–Crippen MR) is 179 cm³/mol. The minimum Gasteiger partial charge on any atom is -0.543 e. The number of oxime groups is 1. The lowest BCUT2D eigenvalue weighted by atomic mass is 10.0. The lowest BCUT2D eigenvalue weighted by Crippen LogP contribution is -2.71. The molecule has 5 rings (SSSR count). The number of aliphatic carboxylic acids is 2. The molecule has 0 saturated carbocycles. The second kappa shape index (κ2) is 14.8. The first kappa shape index (κ1) is 35.5. The fourth-order valence-electron chi connectivity index (χ4n) is 4.97. The Morgan fingerprint density at radius 3 is 2.76 bits per heavy atom. The Morgan fingerprint density at radius 1 is 1.37 bits per heavy atom. The third kappa shape index (κ3) is 7.46. The van der Waals surface area contributed by atoms with Crippen LogP contribution in [0, 0.1) is 0 Å². The summed E-state index contributed by atoms with van der Waals surface area (Å²) in [6, 6.07) is 0.713. The average Bonchev–Trinajstić information content (AvgIpc) is 3.57. The molecule has 0 bridgehead atoms. The molecule has 0 aliphatic carbocycles. The normalized spacial score (nSPS) is 18.4. The summed E-state index contributed by atoms with van der Waals surface area (Å²) in [5.74, 6) is -3.82. The number of carbonyl (C=O) groups is 4. The maximum atomic E-state index is 13.4. The summed E-state index contributed by atoms with van der Waals surface area (Å²) in [5, 5.41) is 30.1. The molecule has 1 unspecified atom stereocenters. The number of carboxylic acids is 2. The van der Waals surface area contributed by atoms with E-state index in [0.29, 0.717) is 30.1 Å². The highest BCUT2D eigenvalue weighted by Crippen LogP contribution is 2.40. The number of carboxylic acid groups (broad SMARTS) is 2. The van der Waals surface area contributed by atoms with Gasteiger partial charge in [0.1, 0.15) is 21.4 Å². The number of β-lactam (4-membered cyclic amide) rings is 1. The number of nitrogens with zero attached hydrogens (tertiary/aromatic N) is 8. The van der Waals surface area contributed by atoms with Crippen LogP contribution in [-0.2, 0) is 37.1 Å². The second-order valence-electron chi connectivity index (χ2n) is 11.1. The monoisotopic (exact) mass is 733 g/mol. The lowest BCUT2D eigenvalue weighted by molar-refractivity contribution is -0.687. The third-order valence-corrected chi connectivity index (χ3v) is 9.73. The number of thioether (sulfide) groups is 1. The van der Waals surface area contributed by atoms with Crippen molar-refractivity contribution >= 4 is 92.6 Å². The number of rotatable bonds is 14. The van der Waals surface area contributed by atoms with E-state index in [-0.39, 0.29) is 33.2 Å². The van der Waals surface area contributed by atoms with E-state index in [0.717, 1.165) is 21.8 Å². The minimum absolute atomic E-state index is 0.00853. The molecule has 0 radical (unpaired) electrons. The third-order valence-electron chi connectivity index (χ3n) is 7.31. The number of hydrogen-bond acceptors (Lipinski definition) is 14. The van der Waals surface area contributed by atoms with Gasteiger partial charge in [0, 0.05) is 44.6 Å². The molecule has 0 spiro atoms. The van der Waals surface area contributed by atoms with Crippen molar-refractivity contribution in [1.82, 2.24) is 35.0 Å². The number of carbonyl (C=O) groups excluding carboxylic acids is 3. The number of hydrogen-bond donors (Lipinski definition) is 4. The molecule has 260 valence electrons. The Morgan fingerprint density at radius 2 is 2.12 bits per heavy atom. The van der Waals surface area contributed by atoms with Gasteiger partial charge in [0.25, 0.3) is 11.8 Å². The van der Waals surface area contributed by atoms with Crippen molar-refractivity contribution in [2.45, 2.75) is 37.5 Å². The fourth-order valence-corrected chi connectivity index (χ4v) is 7.24. The van der Waals surface area contributed by atoms with Crippen LogP contribution in [0.4, 0.5) is 11.1 Å². The number of nitrogens with one attached hydrogen (secondary N) is 2. The number of imidazole rings is 1. The zero-order chi connectivity index (χ0) is 35.6. The summed E-state index contributed by atoms with van der Waals surface area (Å²) in [5.41, 5.74) is 6.65. The Balaban J connectivity index is 1.37. The Labute approximate surface area is 292 Å². The first-order valence-electron chi connectivity index (χ1n) is 14.6. The molecule has 0 aromatic carbocycles. The summed E-state index contributed by atoms with van der Waals surface area (Å²) < 4.78 is 3.73. The quantitative estimate of drug-likeness (QED) is 0.0499. The van der Waals surface area contributed by atoms with Crippen molar-refractivity contribution in [1.29, 1.82) is 0 Å². The molecule has 5 N–H and O–H groups in total. The van der Waals surface area contributed by atoms with E-state index in [2.05, 4.69) is 30.7 Å². The van der Waals surface area contributed by atoms with Crippen LogP contribution in [0.25, 0.3) is 11.0 Å². The van der Waals surface area contributed by atoms with Gasteiger partial charge >= 0.3 is 5.97 Å². The number of thiazole rings is 1. The number of anilines is 1. The summed E-state index contributed by atoms with van der Waals surface area (Å²) in [6.07, 6.45) is 3.81. The van der Waals surface area contributed by atoms with Gasteiger partial charge in [-0.05, 0) is 14.0 Å². The number of halogens is 1. The Kier molecular flexibility index (Phi) is 10.7. The van der Waals surface area contributed by atoms with E-state index in [9.17, 15) is 24.3 Å². The Bertz CT molecular complexity index is 1910. The SMILES string of the molecule is CNCCn1c(N=CN(C)C)nc2c[n+](CC3=C(C(=O)[O-])N4C(=O)[C@@H](NC(=O)/C(=N\O[C@@H](C)C(=O)O)c5nc(N)sc5Cl)C4SC3)ccc21. The van der Waals surface area contributed by atoms with Gasteiger partial charge in [-0.25, -0.2) is 19.8 Å². The molecule has 2 amide bonds. The Hall–Kier alpha value is -4.79. The topological polar surface area (TPSA) is 237 Å². The molecule has 1 saturated heterocycles. The van der Waals surface area contributed by atoms with Crippen LogP contribution in [0.15, 0.2) is 39.9 Å².